The van der Waals surface area contributed by atoms with Gasteiger partial charge in [0.15, 0.2) is 0 Å². The molecule has 47 valence electrons. The van der Waals surface area contributed by atoms with Crippen molar-refractivity contribution in [1.29, 1.82) is 0 Å². The van der Waals surface area contributed by atoms with Gasteiger partial charge in [0.2, 0.25) is 0 Å². The third-order valence-corrected chi connectivity index (χ3v) is 0.307. The second kappa shape index (κ2) is 5.93. The van der Waals surface area contributed by atoms with E-state index in [0.717, 1.165) is 0 Å². The summed E-state index contributed by atoms with van der Waals surface area (Å²) >= 11 is 0. The van der Waals surface area contributed by atoms with E-state index in [1.807, 2.05) is 0 Å². The molecular formula is C2F2NaO4. The van der Waals surface area contributed by atoms with Crippen LogP contribution in [0.15, 0.2) is 0 Å². The van der Waals surface area contributed by atoms with Crippen LogP contribution in [0.25, 0.3) is 0 Å². The third kappa shape index (κ3) is 4.31. The second-order valence-electron chi connectivity index (χ2n) is 0.729. The van der Waals surface area contributed by atoms with Crippen molar-refractivity contribution < 1.29 is 28.5 Å². The number of hydrogen-bond acceptors (Lipinski definition) is 4. The minimum absolute atomic E-state index is 0. The molecule has 0 aliphatic rings. The van der Waals surface area contributed by atoms with Crippen LogP contribution in [0.5, 0.6) is 0 Å². The molecule has 0 spiro atoms. The molecule has 0 aromatic carbocycles. The maximum absolute atomic E-state index is 10.5. The van der Waals surface area contributed by atoms with E-state index >= 15 is 0 Å². The van der Waals surface area contributed by atoms with Crippen molar-refractivity contribution in [1.82, 2.24) is 0 Å². The van der Waals surface area contributed by atoms with Crippen molar-refractivity contribution in [2.45, 2.75) is 0 Å². The summed E-state index contributed by atoms with van der Waals surface area (Å²) in [5, 5.41) is 0. The van der Waals surface area contributed by atoms with Gasteiger partial charge in [-0.3, -0.25) is 0 Å². The molecule has 0 fully saturated rings. The number of carbonyl (C=O) groups is 2. The molecule has 0 atom stereocenters. The fraction of sp³-hybridized carbons (Fsp3) is 0. The van der Waals surface area contributed by atoms with Crippen LogP contribution in [0.4, 0.5) is 9.05 Å². The van der Waals surface area contributed by atoms with Crippen molar-refractivity contribution in [3.63, 3.8) is 0 Å². The molecule has 1 radical (unpaired) electrons. The molecule has 9 heavy (non-hydrogen) atoms. The number of rotatable bonds is 0. The van der Waals surface area contributed by atoms with Crippen LogP contribution >= 0.6 is 0 Å². The van der Waals surface area contributed by atoms with Crippen LogP contribution in [0.1, 0.15) is 0 Å². The van der Waals surface area contributed by atoms with E-state index in [9.17, 15) is 18.6 Å². The minimum atomic E-state index is -2.02. The third-order valence-electron chi connectivity index (χ3n) is 0.307. The minimum Gasteiger partial charge on any atom is -0.242 e. The predicted octanol–water partition coefficient (Wildman–Crippen LogP) is -0.539. The number of halogens is 2. The van der Waals surface area contributed by atoms with Crippen LogP contribution in [0.2, 0.25) is 0 Å². The standard InChI is InChI=1S/C2F2O4.Na/c3-7-1(5)2(6)8-4;. The predicted molar refractivity (Wildman–Crippen MR) is 20.2 cm³/mol. The van der Waals surface area contributed by atoms with Gasteiger partial charge in [-0.25, -0.2) is 19.5 Å². The summed E-state index contributed by atoms with van der Waals surface area (Å²) in [5.74, 6) is -4.04. The Bertz CT molecular complexity index is 101. The van der Waals surface area contributed by atoms with Crippen molar-refractivity contribution in [2.24, 2.45) is 0 Å². The van der Waals surface area contributed by atoms with Crippen molar-refractivity contribution >= 4 is 41.5 Å². The van der Waals surface area contributed by atoms with Crippen molar-refractivity contribution in [2.75, 3.05) is 0 Å². The first-order chi connectivity index (χ1) is 3.72. The zero-order valence-electron chi connectivity index (χ0n) is 4.39. The SMILES string of the molecule is O=C(OF)C(=O)OF.[Na]. The fourth-order valence-electron chi connectivity index (χ4n) is 0.0630. The monoisotopic (exact) mass is 149 g/mol. The Labute approximate surface area is 70.2 Å². The molecule has 4 nitrogen and oxygen atoms in total. The van der Waals surface area contributed by atoms with Crippen molar-refractivity contribution in [3.8, 4) is 0 Å². The van der Waals surface area contributed by atoms with Crippen LogP contribution in [0.3, 0.4) is 0 Å². The van der Waals surface area contributed by atoms with Gasteiger partial charge >= 0.3 is 11.9 Å². The van der Waals surface area contributed by atoms with Gasteiger partial charge in [0.25, 0.3) is 0 Å². The van der Waals surface area contributed by atoms with Crippen LogP contribution in [0, 0.1) is 0 Å². The second-order valence-corrected chi connectivity index (χ2v) is 0.729. The Kier molecular flexibility index (Phi) is 7.63. The average molecular weight is 149 g/mol. The van der Waals surface area contributed by atoms with E-state index < -0.39 is 11.9 Å². The van der Waals surface area contributed by atoms with Gasteiger partial charge < -0.3 is 0 Å². The van der Waals surface area contributed by atoms with E-state index in [-0.39, 0.29) is 29.6 Å². The molecule has 0 saturated heterocycles. The molecule has 0 N–H and O–H groups in total. The summed E-state index contributed by atoms with van der Waals surface area (Å²) in [4.78, 5) is 23.4. The first kappa shape index (κ1) is 11.6. The molecule has 0 aromatic heterocycles. The molecule has 0 aliphatic heterocycles. The fourth-order valence-corrected chi connectivity index (χ4v) is 0.0630. The summed E-state index contributed by atoms with van der Waals surface area (Å²) < 4.78 is 21.0. The maximum atomic E-state index is 10.5. The molecule has 7 heteroatoms. The summed E-state index contributed by atoms with van der Waals surface area (Å²) in [6, 6.07) is 0. The summed E-state index contributed by atoms with van der Waals surface area (Å²) in [7, 11) is 0. The topological polar surface area (TPSA) is 52.6 Å². The first-order valence-electron chi connectivity index (χ1n) is 1.38. The van der Waals surface area contributed by atoms with Gasteiger partial charge in [0.1, 0.15) is 0 Å². The van der Waals surface area contributed by atoms with E-state index in [1.54, 1.807) is 0 Å². The zero-order valence-corrected chi connectivity index (χ0v) is 6.39. The maximum Gasteiger partial charge on any atom is 0.459 e. The molecule has 0 amide bonds. The summed E-state index contributed by atoms with van der Waals surface area (Å²) in [5.41, 5.74) is 0. The Balaban J connectivity index is 0. The largest absolute Gasteiger partial charge is 0.459 e. The smallest absolute Gasteiger partial charge is 0.242 e. The van der Waals surface area contributed by atoms with Gasteiger partial charge in [0, 0.05) is 38.6 Å². The van der Waals surface area contributed by atoms with E-state index in [4.69, 9.17) is 0 Å². The quantitative estimate of drug-likeness (QED) is 0.343. The Hall–Kier alpha value is -0.200. The van der Waals surface area contributed by atoms with E-state index in [2.05, 4.69) is 9.88 Å². The normalized spacial score (nSPS) is 6.89. The van der Waals surface area contributed by atoms with Crippen LogP contribution in [-0.4, -0.2) is 41.5 Å². The van der Waals surface area contributed by atoms with Gasteiger partial charge in [-0.05, 0) is 0 Å². The summed E-state index contributed by atoms with van der Waals surface area (Å²) in [6.45, 7) is 0. The Morgan fingerprint density at radius 3 is 1.33 bits per heavy atom. The van der Waals surface area contributed by atoms with E-state index in [1.165, 1.54) is 0 Å². The molecule has 0 aromatic rings. The number of hydrogen-bond donors (Lipinski definition) is 0. The Morgan fingerprint density at radius 2 is 1.22 bits per heavy atom. The van der Waals surface area contributed by atoms with Gasteiger partial charge in [-0.15, -0.1) is 0 Å². The zero-order chi connectivity index (χ0) is 6.57. The molecule has 0 bridgehead atoms. The molecule has 0 heterocycles. The first-order valence-corrected chi connectivity index (χ1v) is 1.38. The summed E-state index contributed by atoms with van der Waals surface area (Å²) in [6.07, 6.45) is 0. The number of carbonyl (C=O) groups excluding carboxylic acids is 2. The average Bonchev–Trinajstić information content (AvgIpc) is 1.84. The van der Waals surface area contributed by atoms with Gasteiger partial charge in [-0.1, -0.05) is 0 Å². The molecule has 0 saturated carbocycles. The van der Waals surface area contributed by atoms with E-state index in [0.29, 0.717) is 0 Å². The van der Waals surface area contributed by atoms with Gasteiger partial charge in [0.05, 0.1) is 0 Å². The van der Waals surface area contributed by atoms with Crippen LogP contribution < -0.4 is 0 Å². The molecule has 0 rings (SSSR count). The Morgan fingerprint density at radius 1 is 1.00 bits per heavy atom. The van der Waals surface area contributed by atoms with Crippen LogP contribution in [-0.2, 0) is 19.5 Å². The van der Waals surface area contributed by atoms with Crippen molar-refractivity contribution in [3.05, 3.63) is 0 Å². The molecule has 0 unspecified atom stereocenters. The molecular weight excluding hydrogens is 149 g/mol. The molecule has 0 aliphatic carbocycles. The van der Waals surface area contributed by atoms with Gasteiger partial charge in [-0.2, -0.15) is 0 Å².